The first-order valence-electron chi connectivity index (χ1n) is 8.21. The lowest BCUT2D eigenvalue weighted by molar-refractivity contribution is -0.174. The van der Waals surface area contributed by atoms with Crippen molar-refractivity contribution >= 4 is 0 Å². The summed E-state index contributed by atoms with van der Waals surface area (Å²) in [5.74, 6) is 1.78. The molecule has 0 heterocycles. The van der Waals surface area contributed by atoms with E-state index in [9.17, 15) is 13.2 Å². The van der Waals surface area contributed by atoms with Gasteiger partial charge in [0.1, 0.15) is 6.61 Å². The average molecular weight is 309 g/mol. The van der Waals surface area contributed by atoms with E-state index in [0.29, 0.717) is 23.8 Å². The maximum atomic E-state index is 12.1. The lowest BCUT2D eigenvalue weighted by Crippen LogP contribution is -2.42. The highest BCUT2D eigenvalue weighted by Crippen LogP contribution is 2.35. The minimum absolute atomic E-state index is 0.208. The molecule has 1 aliphatic rings. The van der Waals surface area contributed by atoms with E-state index in [1.807, 2.05) is 0 Å². The van der Waals surface area contributed by atoms with Gasteiger partial charge >= 0.3 is 6.18 Å². The van der Waals surface area contributed by atoms with Crippen molar-refractivity contribution < 1.29 is 17.9 Å². The van der Waals surface area contributed by atoms with Crippen molar-refractivity contribution in [1.29, 1.82) is 0 Å². The number of rotatable bonds is 8. The summed E-state index contributed by atoms with van der Waals surface area (Å²) in [4.78, 5) is 0. The zero-order chi connectivity index (χ0) is 15.9. The van der Waals surface area contributed by atoms with Gasteiger partial charge in [-0.15, -0.1) is 0 Å². The highest BCUT2D eigenvalue weighted by Gasteiger charge is 2.32. The summed E-state index contributed by atoms with van der Waals surface area (Å²) in [7, 11) is 0. The molecule has 3 atom stereocenters. The molecule has 2 nitrogen and oxygen atoms in total. The molecule has 0 saturated heterocycles. The van der Waals surface area contributed by atoms with E-state index in [1.54, 1.807) is 0 Å². The Hall–Kier alpha value is -0.290. The van der Waals surface area contributed by atoms with Gasteiger partial charge in [-0.25, -0.2) is 0 Å². The highest BCUT2D eigenvalue weighted by atomic mass is 19.4. The second-order valence-electron chi connectivity index (χ2n) is 6.59. The highest BCUT2D eigenvalue weighted by molar-refractivity contribution is 4.85. The van der Waals surface area contributed by atoms with E-state index in [1.165, 1.54) is 6.42 Å². The van der Waals surface area contributed by atoms with Crippen LogP contribution in [-0.2, 0) is 4.74 Å². The van der Waals surface area contributed by atoms with Gasteiger partial charge in [-0.05, 0) is 56.4 Å². The zero-order valence-electron chi connectivity index (χ0n) is 13.5. The van der Waals surface area contributed by atoms with E-state index in [-0.39, 0.29) is 6.61 Å². The van der Waals surface area contributed by atoms with Crippen molar-refractivity contribution in [1.82, 2.24) is 5.32 Å². The number of hydrogen-bond acceptors (Lipinski definition) is 2. The summed E-state index contributed by atoms with van der Waals surface area (Å²) in [6.07, 6.45) is 1.05. The van der Waals surface area contributed by atoms with Gasteiger partial charge in [0, 0.05) is 12.6 Å². The van der Waals surface area contributed by atoms with E-state index in [4.69, 9.17) is 4.74 Å². The molecule has 0 spiro atoms. The summed E-state index contributed by atoms with van der Waals surface area (Å²) < 4.78 is 41.1. The van der Waals surface area contributed by atoms with Crippen LogP contribution >= 0.6 is 0 Å². The van der Waals surface area contributed by atoms with Gasteiger partial charge in [0.15, 0.2) is 0 Å². The molecule has 0 aliphatic heterocycles. The van der Waals surface area contributed by atoms with Crippen LogP contribution in [0.5, 0.6) is 0 Å². The first-order chi connectivity index (χ1) is 9.83. The molecule has 0 aromatic heterocycles. The van der Waals surface area contributed by atoms with Crippen LogP contribution in [0.25, 0.3) is 0 Å². The second-order valence-corrected chi connectivity index (χ2v) is 6.59. The topological polar surface area (TPSA) is 21.3 Å². The van der Waals surface area contributed by atoms with Gasteiger partial charge in [-0.1, -0.05) is 20.8 Å². The zero-order valence-corrected chi connectivity index (χ0v) is 13.5. The van der Waals surface area contributed by atoms with Crippen LogP contribution < -0.4 is 5.32 Å². The molecule has 1 fully saturated rings. The lowest BCUT2D eigenvalue weighted by atomic mass is 9.72. The van der Waals surface area contributed by atoms with Crippen molar-refractivity contribution in [2.45, 2.75) is 65.1 Å². The normalized spacial score (nSPS) is 27.3. The third-order valence-electron chi connectivity index (χ3n) is 4.52. The van der Waals surface area contributed by atoms with Gasteiger partial charge in [0.05, 0.1) is 0 Å². The Morgan fingerprint density at radius 2 is 1.95 bits per heavy atom. The maximum Gasteiger partial charge on any atom is 0.411 e. The Labute approximate surface area is 126 Å². The largest absolute Gasteiger partial charge is 0.411 e. The van der Waals surface area contributed by atoms with E-state index in [0.717, 1.165) is 32.2 Å². The molecule has 5 heteroatoms. The number of nitrogens with one attached hydrogen (secondary N) is 1. The van der Waals surface area contributed by atoms with Gasteiger partial charge < -0.3 is 10.1 Å². The third-order valence-corrected chi connectivity index (χ3v) is 4.52. The fraction of sp³-hybridized carbons (Fsp3) is 1.00. The Balaban J connectivity index is 2.41. The van der Waals surface area contributed by atoms with Crippen molar-refractivity contribution in [3.8, 4) is 0 Å². The molecule has 126 valence electrons. The fourth-order valence-corrected chi connectivity index (χ4v) is 3.25. The van der Waals surface area contributed by atoms with Crippen LogP contribution in [0, 0.1) is 17.8 Å². The van der Waals surface area contributed by atoms with Crippen LogP contribution in [0.15, 0.2) is 0 Å². The van der Waals surface area contributed by atoms with Crippen molar-refractivity contribution in [3.63, 3.8) is 0 Å². The smallest absolute Gasteiger partial charge is 0.372 e. The van der Waals surface area contributed by atoms with Crippen LogP contribution in [0.2, 0.25) is 0 Å². The minimum Gasteiger partial charge on any atom is -0.372 e. The fourth-order valence-electron chi connectivity index (χ4n) is 3.25. The van der Waals surface area contributed by atoms with Crippen LogP contribution in [0.3, 0.4) is 0 Å². The van der Waals surface area contributed by atoms with Gasteiger partial charge in [0.2, 0.25) is 0 Å². The summed E-state index contributed by atoms with van der Waals surface area (Å²) >= 11 is 0. The van der Waals surface area contributed by atoms with Crippen LogP contribution in [0.4, 0.5) is 13.2 Å². The van der Waals surface area contributed by atoms with Crippen LogP contribution in [0.1, 0.15) is 52.9 Å². The first kappa shape index (κ1) is 18.8. The molecular formula is C16H30F3NO. The quantitative estimate of drug-likeness (QED) is 0.671. The SMILES string of the molecule is CCCNC1CCC(C(C)C)CC1CCOCC(F)(F)F. The summed E-state index contributed by atoms with van der Waals surface area (Å²) in [6, 6.07) is 0.439. The molecule has 0 aromatic rings. The second kappa shape index (κ2) is 8.99. The standard InChI is InChI=1S/C16H30F3NO/c1-4-8-20-15-6-5-13(12(2)3)10-14(15)7-9-21-11-16(17,18)19/h12-15,20H,4-11H2,1-3H3. The molecule has 0 bridgehead atoms. The molecule has 0 radical (unpaired) electrons. The Morgan fingerprint density at radius 3 is 2.52 bits per heavy atom. The van der Waals surface area contributed by atoms with Crippen LogP contribution in [-0.4, -0.2) is 32.0 Å². The van der Waals surface area contributed by atoms with Crippen molar-refractivity contribution in [3.05, 3.63) is 0 Å². The average Bonchev–Trinajstić information content (AvgIpc) is 2.40. The third kappa shape index (κ3) is 7.50. The Morgan fingerprint density at radius 1 is 1.24 bits per heavy atom. The molecular weight excluding hydrogens is 279 g/mol. The maximum absolute atomic E-state index is 12.1. The van der Waals surface area contributed by atoms with Crippen molar-refractivity contribution in [2.24, 2.45) is 17.8 Å². The van der Waals surface area contributed by atoms with E-state index >= 15 is 0 Å². The predicted octanol–water partition coefficient (Wildman–Crippen LogP) is 4.40. The molecule has 1 N–H and O–H groups in total. The summed E-state index contributed by atoms with van der Waals surface area (Å²) in [5.41, 5.74) is 0. The Kier molecular flexibility index (Phi) is 8.03. The minimum atomic E-state index is -4.22. The summed E-state index contributed by atoms with van der Waals surface area (Å²) in [5, 5.41) is 3.56. The number of halogens is 3. The molecule has 1 aliphatic carbocycles. The molecule has 0 amide bonds. The molecule has 1 rings (SSSR count). The lowest BCUT2D eigenvalue weighted by Gasteiger charge is -2.38. The number of alkyl halides is 3. The van der Waals surface area contributed by atoms with E-state index in [2.05, 4.69) is 26.1 Å². The monoisotopic (exact) mass is 309 g/mol. The van der Waals surface area contributed by atoms with Gasteiger partial charge in [-0.2, -0.15) is 13.2 Å². The molecule has 3 unspecified atom stereocenters. The summed E-state index contributed by atoms with van der Waals surface area (Å²) in [6.45, 7) is 6.67. The molecule has 0 aromatic carbocycles. The number of ether oxygens (including phenoxy) is 1. The van der Waals surface area contributed by atoms with Crippen molar-refractivity contribution in [2.75, 3.05) is 19.8 Å². The first-order valence-corrected chi connectivity index (χ1v) is 8.21. The Bertz CT molecular complexity index is 281. The van der Waals surface area contributed by atoms with Gasteiger partial charge in [0.25, 0.3) is 0 Å². The van der Waals surface area contributed by atoms with Gasteiger partial charge in [-0.3, -0.25) is 0 Å². The molecule has 1 saturated carbocycles. The number of hydrogen-bond donors (Lipinski definition) is 1. The predicted molar refractivity (Wildman–Crippen MR) is 79.2 cm³/mol. The molecule has 21 heavy (non-hydrogen) atoms. The van der Waals surface area contributed by atoms with E-state index < -0.39 is 12.8 Å².